The lowest BCUT2D eigenvalue weighted by Gasteiger charge is -2.04. The van der Waals surface area contributed by atoms with E-state index in [1.165, 1.54) is 23.5 Å². The summed E-state index contributed by atoms with van der Waals surface area (Å²) >= 11 is 13.2. The molecule has 3 nitrogen and oxygen atoms in total. The molecule has 0 aliphatic carbocycles. The normalized spacial score (nSPS) is 10.6. The van der Waals surface area contributed by atoms with Crippen molar-refractivity contribution >= 4 is 45.4 Å². The number of rotatable bonds is 4. The van der Waals surface area contributed by atoms with Crippen LogP contribution in [0, 0.1) is 5.82 Å². The summed E-state index contributed by atoms with van der Waals surface area (Å²) in [6, 6.07) is 10.1. The van der Waals surface area contributed by atoms with Crippen LogP contribution in [0.15, 0.2) is 41.8 Å². The molecule has 0 saturated heterocycles. The first-order valence-electron chi connectivity index (χ1n) is 6.58. The number of thiazole rings is 1. The van der Waals surface area contributed by atoms with Gasteiger partial charge in [-0.1, -0.05) is 23.2 Å². The summed E-state index contributed by atoms with van der Waals surface area (Å²) in [6.07, 6.45) is 0. The number of halogens is 3. The maximum Gasteiger partial charge on any atom is 0.187 e. The number of anilines is 2. The Morgan fingerprint density at radius 1 is 1.13 bits per heavy atom. The first kappa shape index (κ1) is 16.1. The van der Waals surface area contributed by atoms with Gasteiger partial charge in [0, 0.05) is 16.6 Å². The number of nitrogens with zero attached hydrogens (tertiary/aromatic N) is 1. The maximum absolute atomic E-state index is 13.6. The molecule has 7 heteroatoms. The third-order valence-corrected chi connectivity index (χ3v) is 4.49. The molecule has 3 rings (SSSR count). The van der Waals surface area contributed by atoms with Crippen molar-refractivity contribution in [3.05, 3.63) is 57.6 Å². The molecule has 0 bridgehead atoms. The smallest absolute Gasteiger partial charge is 0.187 e. The van der Waals surface area contributed by atoms with Gasteiger partial charge in [0.1, 0.15) is 11.6 Å². The van der Waals surface area contributed by atoms with Crippen molar-refractivity contribution < 1.29 is 9.13 Å². The van der Waals surface area contributed by atoms with Crippen LogP contribution in [0.25, 0.3) is 11.3 Å². The third-order valence-electron chi connectivity index (χ3n) is 3.13. The zero-order valence-electron chi connectivity index (χ0n) is 11.9. The van der Waals surface area contributed by atoms with Crippen LogP contribution >= 0.6 is 34.5 Å². The molecule has 0 radical (unpaired) electrons. The molecule has 118 valence electrons. The minimum Gasteiger partial charge on any atom is -0.497 e. The van der Waals surface area contributed by atoms with E-state index in [1.54, 1.807) is 12.5 Å². The lowest BCUT2D eigenvalue weighted by Crippen LogP contribution is -1.90. The van der Waals surface area contributed by atoms with E-state index < -0.39 is 5.82 Å². The zero-order chi connectivity index (χ0) is 16.4. The Hall–Kier alpha value is -1.82. The number of hydrogen-bond donors (Lipinski definition) is 1. The monoisotopic (exact) mass is 368 g/mol. The standard InChI is InChI=1S/C16H11Cl2FN2OS/c1-22-10-4-2-9(3-5-10)20-16-21-15(8-23-16)11-6-14(19)13(18)7-12(11)17/h2-8H,1H3,(H,20,21). The predicted molar refractivity (Wildman–Crippen MR) is 93.8 cm³/mol. The van der Waals surface area contributed by atoms with E-state index in [4.69, 9.17) is 27.9 Å². The average molecular weight is 369 g/mol. The fourth-order valence-electron chi connectivity index (χ4n) is 1.97. The lowest BCUT2D eigenvalue weighted by molar-refractivity contribution is 0.415. The Balaban J connectivity index is 1.84. The van der Waals surface area contributed by atoms with Gasteiger partial charge in [-0.2, -0.15) is 0 Å². The highest BCUT2D eigenvalue weighted by atomic mass is 35.5. The minimum atomic E-state index is -0.524. The van der Waals surface area contributed by atoms with E-state index >= 15 is 0 Å². The molecule has 0 spiro atoms. The molecule has 1 N–H and O–H groups in total. The van der Waals surface area contributed by atoms with Crippen LogP contribution in [-0.2, 0) is 0 Å². The van der Waals surface area contributed by atoms with Gasteiger partial charge in [-0.05, 0) is 36.4 Å². The zero-order valence-corrected chi connectivity index (χ0v) is 14.3. The van der Waals surface area contributed by atoms with E-state index in [1.807, 2.05) is 24.3 Å². The van der Waals surface area contributed by atoms with Gasteiger partial charge < -0.3 is 10.1 Å². The molecule has 1 heterocycles. The Kier molecular flexibility index (Phi) is 4.71. The molecule has 3 aromatic rings. The van der Waals surface area contributed by atoms with Crippen LogP contribution in [0.2, 0.25) is 10.0 Å². The summed E-state index contributed by atoms with van der Waals surface area (Å²) in [5.41, 5.74) is 1.97. The second-order valence-electron chi connectivity index (χ2n) is 4.64. The van der Waals surface area contributed by atoms with Gasteiger partial charge in [0.15, 0.2) is 5.13 Å². The van der Waals surface area contributed by atoms with Crippen LogP contribution in [0.5, 0.6) is 5.75 Å². The Bertz CT molecular complexity index is 837. The van der Waals surface area contributed by atoms with Crippen LogP contribution in [0.1, 0.15) is 0 Å². The summed E-state index contributed by atoms with van der Waals surface area (Å²) in [4.78, 5) is 4.43. The van der Waals surface area contributed by atoms with Gasteiger partial charge in [-0.15, -0.1) is 11.3 Å². The van der Waals surface area contributed by atoms with E-state index in [0.717, 1.165) is 11.4 Å². The number of ether oxygens (including phenoxy) is 1. The van der Waals surface area contributed by atoms with Crippen molar-refractivity contribution in [1.82, 2.24) is 4.98 Å². The molecule has 23 heavy (non-hydrogen) atoms. The first-order valence-corrected chi connectivity index (χ1v) is 8.22. The largest absolute Gasteiger partial charge is 0.497 e. The summed E-state index contributed by atoms with van der Waals surface area (Å²) in [6.45, 7) is 0. The Labute approximate surface area is 146 Å². The molecular formula is C16H11Cl2FN2OS. The molecule has 0 aliphatic rings. The molecule has 0 unspecified atom stereocenters. The highest BCUT2D eigenvalue weighted by Crippen LogP contribution is 2.34. The molecular weight excluding hydrogens is 358 g/mol. The summed E-state index contributed by atoms with van der Waals surface area (Å²) < 4.78 is 18.7. The summed E-state index contributed by atoms with van der Waals surface area (Å²) in [5, 5.41) is 6.01. The highest BCUT2D eigenvalue weighted by molar-refractivity contribution is 7.14. The van der Waals surface area contributed by atoms with Gasteiger partial charge in [-0.3, -0.25) is 0 Å². The Morgan fingerprint density at radius 3 is 2.57 bits per heavy atom. The SMILES string of the molecule is COc1ccc(Nc2nc(-c3cc(F)c(Cl)cc3Cl)cs2)cc1. The van der Waals surface area contributed by atoms with E-state index in [-0.39, 0.29) is 5.02 Å². The van der Waals surface area contributed by atoms with Crippen molar-refractivity contribution in [3.8, 4) is 17.0 Å². The van der Waals surface area contributed by atoms with Gasteiger partial charge in [0.25, 0.3) is 0 Å². The van der Waals surface area contributed by atoms with E-state index in [0.29, 0.717) is 21.4 Å². The van der Waals surface area contributed by atoms with Crippen molar-refractivity contribution in [2.45, 2.75) is 0 Å². The van der Waals surface area contributed by atoms with Gasteiger partial charge >= 0.3 is 0 Å². The highest BCUT2D eigenvalue weighted by Gasteiger charge is 2.12. The van der Waals surface area contributed by atoms with Crippen LogP contribution in [0.3, 0.4) is 0 Å². The predicted octanol–water partition coefficient (Wildman–Crippen LogP) is 6.01. The number of aromatic nitrogens is 1. The van der Waals surface area contributed by atoms with Crippen molar-refractivity contribution in [2.75, 3.05) is 12.4 Å². The fraction of sp³-hybridized carbons (Fsp3) is 0.0625. The average Bonchev–Trinajstić information content (AvgIpc) is 3.00. The maximum atomic E-state index is 13.6. The third kappa shape index (κ3) is 3.58. The molecule has 0 aliphatic heterocycles. The summed E-state index contributed by atoms with van der Waals surface area (Å²) in [7, 11) is 1.62. The van der Waals surface area contributed by atoms with Crippen molar-refractivity contribution in [1.29, 1.82) is 0 Å². The Morgan fingerprint density at radius 2 is 1.87 bits per heavy atom. The summed E-state index contributed by atoms with van der Waals surface area (Å²) in [5.74, 6) is 0.252. The van der Waals surface area contributed by atoms with Gasteiger partial charge in [0.05, 0.1) is 22.8 Å². The van der Waals surface area contributed by atoms with Crippen LogP contribution < -0.4 is 10.1 Å². The molecule has 0 saturated carbocycles. The molecule has 1 aromatic heterocycles. The van der Waals surface area contributed by atoms with Gasteiger partial charge in [0.2, 0.25) is 0 Å². The number of hydrogen-bond acceptors (Lipinski definition) is 4. The second kappa shape index (κ2) is 6.74. The van der Waals surface area contributed by atoms with Crippen LogP contribution in [0.4, 0.5) is 15.2 Å². The lowest BCUT2D eigenvalue weighted by atomic mass is 10.2. The molecule has 0 atom stereocenters. The van der Waals surface area contributed by atoms with E-state index in [2.05, 4.69) is 10.3 Å². The van der Waals surface area contributed by atoms with Gasteiger partial charge in [-0.25, -0.2) is 9.37 Å². The van der Waals surface area contributed by atoms with Crippen molar-refractivity contribution in [2.24, 2.45) is 0 Å². The van der Waals surface area contributed by atoms with Crippen molar-refractivity contribution in [3.63, 3.8) is 0 Å². The molecule has 0 amide bonds. The second-order valence-corrected chi connectivity index (χ2v) is 6.31. The van der Waals surface area contributed by atoms with E-state index in [9.17, 15) is 4.39 Å². The number of benzene rings is 2. The topological polar surface area (TPSA) is 34.1 Å². The first-order chi connectivity index (χ1) is 11.1. The quantitative estimate of drug-likeness (QED) is 0.572. The molecule has 2 aromatic carbocycles. The number of nitrogens with one attached hydrogen (secondary N) is 1. The number of methoxy groups -OCH3 is 1. The fourth-order valence-corrected chi connectivity index (χ4v) is 3.18. The molecule has 0 fully saturated rings. The van der Waals surface area contributed by atoms with Crippen LogP contribution in [-0.4, -0.2) is 12.1 Å². The minimum absolute atomic E-state index is 0.00874.